The monoisotopic (exact) mass is 191 g/mol. The zero-order chi connectivity index (χ0) is 9.60. The first-order valence-corrected chi connectivity index (χ1v) is 5.12. The highest BCUT2D eigenvalue weighted by Gasteiger charge is 2.47. The molecule has 0 aliphatic heterocycles. The van der Waals surface area contributed by atoms with E-state index in [1.54, 1.807) is 0 Å². The Balaban J connectivity index is 2.09. The minimum Gasteiger partial charge on any atom is -0.330 e. The summed E-state index contributed by atoms with van der Waals surface area (Å²) in [6.07, 6.45) is 9.70. The summed E-state index contributed by atoms with van der Waals surface area (Å²) in [6.45, 7) is 0.776. The van der Waals surface area contributed by atoms with Gasteiger partial charge in [0.1, 0.15) is 6.20 Å². The van der Waals surface area contributed by atoms with Crippen molar-refractivity contribution in [1.82, 2.24) is 10.1 Å². The van der Waals surface area contributed by atoms with Crippen LogP contribution < -0.4 is 10.2 Å². The molecule has 3 rings (SSSR count). The highest BCUT2D eigenvalue weighted by Crippen LogP contribution is 2.51. The third-order valence-electron chi connectivity index (χ3n) is 3.34. The van der Waals surface area contributed by atoms with Crippen LogP contribution in [0.5, 0.6) is 0 Å². The molecular formula is C10H15N4+. The Kier molecular flexibility index (Phi) is 1.50. The third-order valence-corrected chi connectivity index (χ3v) is 3.34. The number of hydrogen-bond donors (Lipinski definition) is 3. The fourth-order valence-corrected chi connectivity index (χ4v) is 2.34. The molecule has 2 heterocycles. The maximum absolute atomic E-state index is 5.65. The fraction of sp³-hybridized carbons (Fsp3) is 0.500. The molecule has 4 heteroatoms. The summed E-state index contributed by atoms with van der Waals surface area (Å²) in [6, 6.07) is 0. The third kappa shape index (κ3) is 0.944. The lowest BCUT2D eigenvalue weighted by molar-refractivity contribution is -0.575. The summed E-state index contributed by atoms with van der Waals surface area (Å²) < 4.78 is 2.02. The van der Waals surface area contributed by atoms with Gasteiger partial charge in [0.15, 0.2) is 6.20 Å². The second-order valence-electron chi connectivity index (χ2n) is 4.18. The van der Waals surface area contributed by atoms with Crippen LogP contribution in [-0.2, 0) is 5.41 Å². The number of nitrogens with one attached hydrogen (secondary N) is 2. The largest absolute Gasteiger partial charge is 0.330 e. The first-order valence-electron chi connectivity index (χ1n) is 5.12. The standard InChI is InChI=1S/C10H14N4/c11-4-3-10(1-2-10)8-7-13-14-6-5-12-9(8)14/h5-7H,1-4,11H2,(H,12,13)/p+1. The Bertz CT molecular complexity index is 449. The molecule has 4 N–H and O–H groups in total. The molecule has 0 unspecified atom stereocenters. The Morgan fingerprint density at radius 1 is 1.50 bits per heavy atom. The molecule has 1 saturated carbocycles. The van der Waals surface area contributed by atoms with Gasteiger partial charge >= 0.3 is 5.65 Å². The van der Waals surface area contributed by atoms with Crippen molar-refractivity contribution in [2.24, 2.45) is 5.73 Å². The zero-order valence-corrected chi connectivity index (χ0v) is 8.09. The lowest BCUT2D eigenvalue weighted by Gasteiger charge is -2.08. The predicted molar refractivity (Wildman–Crippen MR) is 52.9 cm³/mol. The van der Waals surface area contributed by atoms with Crippen LogP contribution in [0.25, 0.3) is 5.65 Å². The van der Waals surface area contributed by atoms with Gasteiger partial charge in [0.2, 0.25) is 0 Å². The molecule has 14 heavy (non-hydrogen) atoms. The molecule has 0 amide bonds. The number of hydrogen-bond acceptors (Lipinski definition) is 1. The highest BCUT2D eigenvalue weighted by atomic mass is 15.3. The average molecular weight is 191 g/mol. The van der Waals surface area contributed by atoms with E-state index in [1.165, 1.54) is 24.1 Å². The Morgan fingerprint density at radius 3 is 3.07 bits per heavy atom. The van der Waals surface area contributed by atoms with Gasteiger partial charge in [-0.25, -0.2) is 10.1 Å². The van der Waals surface area contributed by atoms with Crippen molar-refractivity contribution in [3.63, 3.8) is 0 Å². The summed E-state index contributed by atoms with van der Waals surface area (Å²) in [7, 11) is 0. The number of nitrogens with zero attached hydrogens (tertiary/aromatic N) is 1. The van der Waals surface area contributed by atoms with E-state index in [-0.39, 0.29) is 0 Å². The second-order valence-corrected chi connectivity index (χ2v) is 4.18. The quantitative estimate of drug-likeness (QED) is 0.606. The average Bonchev–Trinajstić information content (AvgIpc) is 2.63. The zero-order valence-electron chi connectivity index (χ0n) is 8.09. The SMILES string of the molecule is NCCC1(c2c[nH][n+]3cc[nH]c23)CC1. The normalized spacial score (nSPS) is 18.9. The summed E-state index contributed by atoms with van der Waals surface area (Å²) in [5.41, 5.74) is 8.61. The highest BCUT2D eigenvalue weighted by molar-refractivity contribution is 5.47. The van der Waals surface area contributed by atoms with E-state index in [1.807, 2.05) is 16.9 Å². The van der Waals surface area contributed by atoms with E-state index >= 15 is 0 Å². The van der Waals surface area contributed by atoms with Gasteiger partial charge in [-0.2, -0.15) is 0 Å². The topological polar surface area (TPSA) is 61.7 Å². The van der Waals surface area contributed by atoms with Crippen LogP contribution in [0.1, 0.15) is 24.8 Å². The predicted octanol–water partition coefficient (Wildman–Crippen LogP) is 0.462. The maximum atomic E-state index is 5.65. The lowest BCUT2D eigenvalue weighted by Crippen LogP contribution is -2.20. The number of rotatable bonds is 3. The van der Waals surface area contributed by atoms with E-state index in [0.717, 1.165) is 13.0 Å². The number of imidazole rings is 1. The lowest BCUT2D eigenvalue weighted by atomic mass is 9.95. The van der Waals surface area contributed by atoms with Gasteiger partial charge in [-0.15, -0.1) is 4.52 Å². The van der Waals surface area contributed by atoms with Crippen molar-refractivity contribution < 1.29 is 4.52 Å². The number of nitrogens with two attached hydrogens (primary N) is 1. The van der Waals surface area contributed by atoms with Gasteiger partial charge in [0.25, 0.3) is 0 Å². The van der Waals surface area contributed by atoms with E-state index in [0.29, 0.717) is 5.41 Å². The van der Waals surface area contributed by atoms with Crippen LogP contribution in [0.4, 0.5) is 0 Å². The molecule has 0 bridgehead atoms. The second kappa shape index (κ2) is 2.60. The van der Waals surface area contributed by atoms with Crippen LogP contribution in [0, 0.1) is 0 Å². The van der Waals surface area contributed by atoms with Crippen LogP contribution in [0.3, 0.4) is 0 Å². The number of aromatic nitrogens is 3. The molecule has 0 saturated heterocycles. The van der Waals surface area contributed by atoms with Gasteiger partial charge in [-0.1, -0.05) is 0 Å². The van der Waals surface area contributed by atoms with Crippen molar-refractivity contribution >= 4 is 5.65 Å². The van der Waals surface area contributed by atoms with Crippen molar-refractivity contribution in [2.75, 3.05) is 6.54 Å². The van der Waals surface area contributed by atoms with E-state index in [4.69, 9.17) is 5.73 Å². The Morgan fingerprint density at radius 2 is 2.36 bits per heavy atom. The first kappa shape index (κ1) is 8.05. The summed E-state index contributed by atoms with van der Waals surface area (Å²) in [5.74, 6) is 0. The summed E-state index contributed by atoms with van der Waals surface area (Å²) >= 11 is 0. The first-order chi connectivity index (χ1) is 6.86. The van der Waals surface area contributed by atoms with Crippen LogP contribution >= 0.6 is 0 Å². The van der Waals surface area contributed by atoms with E-state index in [9.17, 15) is 0 Å². The number of fused-ring (bicyclic) bond motifs is 1. The minimum absolute atomic E-state index is 0.366. The molecule has 1 aliphatic carbocycles. The number of H-pyrrole nitrogens is 2. The van der Waals surface area contributed by atoms with Gasteiger partial charge in [-0.05, 0) is 25.8 Å². The van der Waals surface area contributed by atoms with Crippen molar-refractivity contribution in [2.45, 2.75) is 24.7 Å². The van der Waals surface area contributed by atoms with Crippen molar-refractivity contribution in [1.29, 1.82) is 0 Å². The van der Waals surface area contributed by atoms with Crippen LogP contribution in [0.2, 0.25) is 0 Å². The molecule has 0 spiro atoms. The maximum Gasteiger partial charge on any atom is 0.308 e. The number of aromatic amines is 2. The van der Waals surface area contributed by atoms with Crippen LogP contribution in [-0.4, -0.2) is 16.6 Å². The van der Waals surface area contributed by atoms with Gasteiger partial charge in [-0.3, -0.25) is 0 Å². The van der Waals surface area contributed by atoms with Crippen molar-refractivity contribution in [3.05, 3.63) is 24.2 Å². The van der Waals surface area contributed by atoms with Crippen molar-refractivity contribution in [3.8, 4) is 0 Å². The van der Waals surface area contributed by atoms with Gasteiger partial charge in [0, 0.05) is 5.41 Å². The molecule has 74 valence electrons. The summed E-state index contributed by atoms with van der Waals surface area (Å²) in [5, 5.41) is 3.22. The molecule has 0 atom stereocenters. The molecule has 0 aromatic carbocycles. The Hall–Kier alpha value is -1.29. The molecule has 1 aliphatic rings. The smallest absolute Gasteiger partial charge is 0.308 e. The molecule has 0 radical (unpaired) electrons. The van der Waals surface area contributed by atoms with Gasteiger partial charge in [0.05, 0.1) is 11.8 Å². The minimum atomic E-state index is 0.366. The fourth-order valence-electron chi connectivity index (χ4n) is 2.34. The molecular weight excluding hydrogens is 176 g/mol. The summed E-state index contributed by atoms with van der Waals surface area (Å²) in [4.78, 5) is 3.26. The Labute approximate surface area is 82.1 Å². The molecule has 2 aromatic rings. The molecule has 2 aromatic heterocycles. The van der Waals surface area contributed by atoms with E-state index in [2.05, 4.69) is 16.3 Å². The van der Waals surface area contributed by atoms with Crippen LogP contribution in [0.15, 0.2) is 18.6 Å². The molecule has 4 nitrogen and oxygen atoms in total. The molecule has 1 fully saturated rings. The van der Waals surface area contributed by atoms with E-state index < -0.39 is 0 Å². The van der Waals surface area contributed by atoms with Gasteiger partial charge < -0.3 is 5.73 Å².